The molecule has 0 aliphatic heterocycles. The second kappa shape index (κ2) is 8.87. The molecule has 1 atom stereocenters. The topological polar surface area (TPSA) is 73.9 Å². The molecule has 1 amide bonds. The first-order chi connectivity index (χ1) is 11.9. The Morgan fingerprint density at radius 2 is 1.54 bits per heavy atom. The van der Waals surface area contributed by atoms with Gasteiger partial charge in [0, 0.05) is 6.42 Å². The van der Waals surface area contributed by atoms with Crippen molar-refractivity contribution in [3.63, 3.8) is 0 Å². The highest BCUT2D eigenvalue weighted by Crippen LogP contribution is 2.16. The van der Waals surface area contributed by atoms with E-state index in [1.165, 1.54) is 0 Å². The van der Waals surface area contributed by atoms with Crippen molar-refractivity contribution >= 4 is 12.1 Å². The van der Waals surface area contributed by atoms with Crippen molar-refractivity contribution in [3.8, 4) is 5.75 Å². The van der Waals surface area contributed by atoms with Crippen LogP contribution in [0, 0.1) is 0 Å². The van der Waals surface area contributed by atoms with Crippen molar-refractivity contribution in [1.29, 1.82) is 0 Å². The van der Waals surface area contributed by atoms with Crippen LogP contribution in [-0.4, -0.2) is 36.2 Å². The highest BCUT2D eigenvalue weighted by atomic mass is 19.1. The van der Waals surface area contributed by atoms with Gasteiger partial charge in [0.2, 0.25) is 6.86 Å². The van der Waals surface area contributed by atoms with E-state index in [1.54, 1.807) is 65.8 Å². The fourth-order valence-corrected chi connectivity index (χ4v) is 2.04. The summed E-state index contributed by atoms with van der Waals surface area (Å²) >= 11 is 0. The first-order valence-electron chi connectivity index (χ1n) is 8.40. The minimum Gasteiger partial charge on any atom is -0.463 e. The Morgan fingerprint density at radius 3 is 2.00 bits per heavy atom. The fraction of sp³-hybridized carbons (Fsp3) is 0.579. The second-order valence-corrected chi connectivity index (χ2v) is 7.83. The Kier molecular flexibility index (Phi) is 7.41. The third kappa shape index (κ3) is 8.69. The van der Waals surface area contributed by atoms with Crippen LogP contribution in [0.3, 0.4) is 0 Å². The number of nitrogens with one attached hydrogen (secondary N) is 1. The van der Waals surface area contributed by atoms with Gasteiger partial charge in [-0.25, -0.2) is 14.0 Å². The largest absolute Gasteiger partial charge is 0.463 e. The Labute approximate surface area is 154 Å². The number of alkyl carbamates (subject to hydrolysis) is 1. The predicted molar refractivity (Wildman–Crippen MR) is 95.8 cm³/mol. The van der Waals surface area contributed by atoms with Crippen molar-refractivity contribution in [2.75, 3.05) is 6.86 Å². The van der Waals surface area contributed by atoms with E-state index in [0.717, 1.165) is 5.56 Å². The molecule has 0 unspecified atom stereocenters. The molecule has 7 heteroatoms. The van der Waals surface area contributed by atoms with E-state index in [4.69, 9.17) is 14.2 Å². The number of benzene rings is 1. The maximum atomic E-state index is 12.5. The first-order valence-corrected chi connectivity index (χ1v) is 8.40. The average molecular weight is 369 g/mol. The van der Waals surface area contributed by atoms with E-state index >= 15 is 0 Å². The summed E-state index contributed by atoms with van der Waals surface area (Å²) in [6.45, 7) is 9.53. The van der Waals surface area contributed by atoms with Crippen molar-refractivity contribution in [2.45, 2.75) is 65.2 Å². The van der Waals surface area contributed by atoms with Crippen molar-refractivity contribution in [3.05, 3.63) is 29.8 Å². The molecule has 0 heterocycles. The lowest BCUT2D eigenvalue weighted by Crippen LogP contribution is -2.47. The Bertz CT molecular complexity index is 602. The number of esters is 1. The summed E-state index contributed by atoms with van der Waals surface area (Å²) in [4.78, 5) is 24.5. The first kappa shape index (κ1) is 21.7. The Balaban J connectivity index is 2.88. The third-order valence-electron chi connectivity index (χ3n) is 2.97. The van der Waals surface area contributed by atoms with E-state index in [-0.39, 0.29) is 6.42 Å². The number of carbonyl (C=O) groups is 2. The van der Waals surface area contributed by atoms with E-state index in [9.17, 15) is 14.0 Å². The predicted octanol–water partition coefficient (Wildman–Crippen LogP) is 3.77. The number of carbonyl (C=O) groups excluding carboxylic acids is 2. The van der Waals surface area contributed by atoms with E-state index in [0.29, 0.717) is 5.75 Å². The highest BCUT2D eigenvalue weighted by molar-refractivity contribution is 5.82. The minimum atomic E-state index is -0.919. The highest BCUT2D eigenvalue weighted by Gasteiger charge is 2.28. The summed E-state index contributed by atoms with van der Waals surface area (Å²) in [5, 5.41) is 2.56. The van der Waals surface area contributed by atoms with Crippen LogP contribution in [0.4, 0.5) is 9.18 Å². The van der Waals surface area contributed by atoms with Crippen LogP contribution in [-0.2, 0) is 20.7 Å². The van der Waals surface area contributed by atoms with Gasteiger partial charge in [-0.1, -0.05) is 12.1 Å². The maximum absolute atomic E-state index is 12.5. The van der Waals surface area contributed by atoms with Crippen molar-refractivity contribution in [1.82, 2.24) is 5.32 Å². The van der Waals surface area contributed by atoms with Gasteiger partial charge in [0.15, 0.2) is 0 Å². The summed E-state index contributed by atoms with van der Waals surface area (Å²) in [5.74, 6) is -0.183. The lowest BCUT2D eigenvalue weighted by atomic mass is 10.1. The van der Waals surface area contributed by atoms with Crippen LogP contribution in [0.25, 0.3) is 0 Å². The van der Waals surface area contributed by atoms with Crippen LogP contribution in [0.1, 0.15) is 47.1 Å². The average Bonchev–Trinajstić information content (AvgIpc) is 2.45. The van der Waals surface area contributed by atoms with E-state index in [1.807, 2.05) is 0 Å². The lowest BCUT2D eigenvalue weighted by molar-refractivity contribution is -0.157. The lowest BCUT2D eigenvalue weighted by Gasteiger charge is -2.26. The van der Waals surface area contributed by atoms with Crippen LogP contribution in [0.5, 0.6) is 5.75 Å². The summed E-state index contributed by atoms with van der Waals surface area (Å²) < 4.78 is 27.5. The number of hydrogen-bond acceptors (Lipinski definition) is 5. The summed E-state index contributed by atoms with van der Waals surface area (Å²) in [7, 11) is 0. The molecule has 6 nitrogen and oxygen atoms in total. The Hall–Kier alpha value is -2.31. The Morgan fingerprint density at radius 1 is 1.00 bits per heavy atom. The standard InChI is InChI=1S/C19H28FNO5/c1-18(2,3)25-16(22)15(21-17(23)26-19(4,5)6)11-13-7-9-14(10-8-13)24-12-20/h7-10,15H,11-12H2,1-6H3,(H,21,23)/t15-/m1/s1/i20+0. The summed E-state index contributed by atoms with van der Waals surface area (Å²) in [6, 6.07) is 5.65. The number of halogens is 1. The van der Waals surface area contributed by atoms with Crippen LogP contribution in [0.15, 0.2) is 24.3 Å². The molecule has 0 aliphatic carbocycles. The normalized spacial score (nSPS) is 12.9. The molecule has 1 aromatic carbocycles. The summed E-state index contributed by atoms with van der Waals surface area (Å²) in [6.07, 6.45) is -0.505. The van der Waals surface area contributed by atoms with Gasteiger partial charge in [-0.2, -0.15) is 0 Å². The maximum Gasteiger partial charge on any atom is 0.408 e. The second-order valence-electron chi connectivity index (χ2n) is 7.83. The SMILES string of the molecule is CC(C)(C)OC(=O)N[C@H](Cc1ccc(OC[19F])cc1)C(=O)OC(C)(C)C. The molecule has 0 aliphatic rings. The number of alkyl halides is 1. The summed E-state index contributed by atoms with van der Waals surface area (Å²) in [5.41, 5.74) is -0.624. The number of rotatable bonds is 6. The fourth-order valence-electron chi connectivity index (χ4n) is 2.04. The zero-order valence-corrected chi connectivity index (χ0v) is 16.2. The molecule has 0 saturated carbocycles. The molecule has 1 rings (SSSR count). The van der Waals surface area contributed by atoms with Crippen LogP contribution < -0.4 is 10.1 Å². The zero-order chi connectivity index (χ0) is 20.0. The molecular weight excluding hydrogens is 341 g/mol. The molecule has 1 N–H and O–H groups in total. The van der Waals surface area contributed by atoms with Crippen molar-refractivity contribution < 1.29 is 28.2 Å². The quantitative estimate of drug-likeness (QED) is 0.773. The third-order valence-corrected chi connectivity index (χ3v) is 2.97. The molecule has 26 heavy (non-hydrogen) atoms. The molecule has 0 radical (unpaired) electrons. The molecule has 0 aromatic heterocycles. The molecule has 0 fully saturated rings. The number of amides is 1. The molecular formula is C19H28FNO5. The smallest absolute Gasteiger partial charge is 0.408 e. The van der Waals surface area contributed by atoms with Crippen molar-refractivity contribution in [2.24, 2.45) is 0 Å². The number of hydrogen-bond donors (Lipinski definition) is 1. The van der Waals surface area contributed by atoms with Gasteiger partial charge in [-0.15, -0.1) is 0 Å². The minimum absolute atomic E-state index is 0.198. The monoisotopic (exact) mass is 369 g/mol. The van der Waals surface area contributed by atoms with Gasteiger partial charge in [-0.05, 0) is 59.2 Å². The van der Waals surface area contributed by atoms with Gasteiger partial charge in [0.05, 0.1) is 0 Å². The number of ether oxygens (including phenoxy) is 3. The molecule has 0 bridgehead atoms. The van der Waals surface area contributed by atoms with Gasteiger partial charge in [0.25, 0.3) is 0 Å². The van der Waals surface area contributed by atoms with Crippen LogP contribution >= 0.6 is 0 Å². The van der Waals surface area contributed by atoms with Gasteiger partial charge < -0.3 is 19.5 Å². The van der Waals surface area contributed by atoms with Gasteiger partial charge in [-0.3, -0.25) is 0 Å². The van der Waals surface area contributed by atoms with Crippen LogP contribution in [0.2, 0.25) is 0 Å². The molecule has 1 aromatic rings. The van der Waals surface area contributed by atoms with E-state index < -0.39 is 36.2 Å². The van der Waals surface area contributed by atoms with E-state index in [2.05, 4.69) is 5.32 Å². The molecule has 0 saturated heterocycles. The molecule has 146 valence electrons. The van der Waals surface area contributed by atoms with Gasteiger partial charge in [0.1, 0.15) is 23.0 Å². The van der Waals surface area contributed by atoms with Gasteiger partial charge >= 0.3 is 12.1 Å². The zero-order valence-electron chi connectivity index (χ0n) is 16.2. The molecule has 0 spiro atoms.